The fourth-order valence-corrected chi connectivity index (χ4v) is 4.75. The monoisotopic (exact) mass is 431 g/mol. The molecule has 0 saturated carbocycles. The van der Waals surface area contributed by atoms with Crippen molar-refractivity contribution in [2.45, 2.75) is 39.0 Å². The van der Waals surface area contributed by atoms with Crippen molar-refractivity contribution in [3.05, 3.63) is 95.6 Å². The molecular formula is C28H33NO3. The van der Waals surface area contributed by atoms with Gasteiger partial charge in [0.1, 0.15) is 6.61 Å². The van der Waals surface area contributed by atoms with Crippen LogP contribution >= 0.6 is 0 Å². The van der Waals surface area contributed by atoms with E-state index in [1.165, 1.54) is 11.1 Å². The van der Waals surface area contributed by atoms with Crippen LogP contribution in [-0.4, -0.2) is 36.3 Å². The predicted molar refractivity (Wildman–Crippen MR) is 128 cm³/mol. The molecule has 3 aromatic carbocycles. The highest BCUT2D eigenvalue weighted by molar-refractivity contribution is 5.45. The van der Waals surface area contributed by atoms with Gasteiger partial charge in [-0.25, -0.2) is 0 Å². The number of rotatable bonds is 8. The molecule has 4 rings (SSSR count). The van der Waals surface area contributed by atoms with Gasteiger partial charge in [0.15, 0.2) is 11.5 Å². The lowest BCUT2D eigenvalue weighted by molar-refractivity contribution is 0.0474. The summed E-state index contributed by atoms with van der Waals surface area (Å²) < 4.78 is 11.7. The normalized spacial score (nSPS) is 21.9. The zero-order valence-corrected chi connectivity index (χ0v) is 19.2. The molecule has 1 unspecified atom stereocenters. The predicted octanol–water partition coefficient (Wildman–Crippen LogP) is 5.26. The van der Waals surface area contributed by atoms with Crippen LogP contribution in [0, 0.1) is 5.41 Å². The zero-order valence-electron chi connectivity index (χ0n) is 19.2. The summed E-state index contributed by atoms with van der Waals surface area (Å²) in [6.45, 7) is 7.21. The summed E-state index contributed by atoms with van der Waals surface area (Å²) in [6.07, 6.45) is -0.427. The quantitative estimate of drug-likeness (QED) is 0.528. The van der Waals surface area contributed by atoms with Gasteiger partial charge in [0.25, 0.3) is 0 Å². The molecule has 3 atom stereocenters. The van der Waals surface area contributed by atoms with Gasteiger partial charge >= 0.3 is 0 Å². The van der Waals surface area contributed by atoms with Gasteiger partial charge in [-0.15, -0.1) is 0 Å². The second-order valence-corrected chi connectivity index (χ2v) is 9.07. The van der Waals surface area contributed by atoms with Crippen molar-refractivity contribution >= 4 is 0 Å². The molecule has 1 saturated heterocycles. The van der Waals surface area contributed by atoms with Gasteiger partial charge < -0.3 is 14.6 Å². The number of aliphatic hydroxyl groups is 1. The van der Waals surface area contributed by atoms with Gasteiger partial charge in [-0.3, -0.25) is 4.90 Å². The van der Waals surface area contributed by atoms with Crippen LogP contribution in [-0.2, 0) is 13.2 Å². The van der Waals surface area contributed by atoms with Crippen LogP contribution < -0.4 is 9.47 Å². The number of methoxy groups -OCH3 is 1. The third-order valence-corrected chi connectivity index (χ3v) is 6.83. The summed E-state index contributed by atoms with van der Waals surface area (Å²) in [5.41, 5.74) is 3.33. The van der Waals surface area contributed by atoms with Crippen molar-refractivity contribution in [2.75, 3.05) is 20.2 Å². The summed E-state index contributed by atoms with van der Waals surface area (Å²) in [6, 6.07) is 26.9. The van der Waals surface area contributed by atoms with Crippen LogP contribution in [0.2, 0.25) is 0 Å². The minimum Gasteiger partial charge on any atom is -0.493 e. The van der Waals surface area contributed by atoms with Crippen LogP contribution in [0.15, 0.2) is 78.9 Å². The Bertz CT molecular complexity index is 1010. The second kappa shape index (κ2) is 9.76. The number of hydrogen-bond donors (Lipinski definition) is 1. The molecule has 32 heavy (non-hydrogen) atoms. The fourth-order valence-electron chi connectivity index (χ4n) is 4.75. The number of ether oxygens (including phenoxy) is 2. The van der Waals surface area contributed by atoms with Crippen molar-refractivity contribution in [2.24, 2.45) is 5.41 Å². The molecule has 1 heterocycles. The molecule has 168 valence electrons. The summed E-state index contributed by atoms with van der Waals surface area (Å²) in [7, 11) is 1.67. The zero-order chi connectivity index (χ0) is 22.6. The highest BCUT2D eigenvalue weighted by Gasteiger charge is 2.46. The van der Waals surface area contributed by atoms with E-state index in [-0.39, 0.29) is 11.3 Å². The molecule has 0 aliphatic carbocycles. The lowest BCUT2D eigenvalue weighted by atomic mass is 9.72. The van der Waals surface area contributed by atoms with Crippen LogP contribution in [0.4, 0.5) is 0 Å². The lowest BCUT2D eigenvalue weighted by Crippen LogP contribution is -2.37. The molecule has 1 aliphatic heterocycles. The first-order chi connectivity index (χ1) is 15.5. The molecule has 0 spiro atoms. The number of hydrogen-bond acceptors (Lipinski definition) is 4. The molecule has 0 bridgehead atoms. The summed E-state index contributed by atoms with van der Waals surface area (Å²) in [5, 5.41) is 10.8. The first-order valence-electron chi connectivity index (χ1n) is 11.3. The Morgan fingerprint density at radius 1 is 0.969 bits per heavy atom. The molecular weight excluding hydrogens is 398 g/mol. The minimum atomic E-state index is -0.427. The largest absolute Gasteiger partial charge is 0.493 e. The van der Waals surface area contributed by atoms with E-state index in [2.05, 4.69) is 60.4 Å². The van der Waals surface area contributed by atoms with E-state index in [4.69, 9.17) is 9.47 Å². The van der Waals surface area contributed by atoms with Crippen molar-refractivity contribution in [3.8, 4) is 11.5 Å². The second-order valence-electron chi connectivity index (χ2n) is 9.07. The van der Waals surface area contributed by atoms with Gasteiger partial charge in [0.2, 0.25) is 0 Å². The smallest absolute Gasteiger partial charge is 0.161 e. The molecule has 1 fully saturated rings. The van der Waals surface area contributed by atoms with E-state index in [0.717, 1.165) is 36.7 Å². The Hall–Kier alpha value is -2.82. The highest BCUT2D eigenvalue weighted by Crippen LogP contribution is 2.47. The summed E-state index contributed by atoms with van der Waals surface area (Å²) in [5.74, 6) is 1.65. The van der Waals surface area contributed by atoms with E-state index in [1.54, 1.807) is 7.11 Å². The Balaban J connectivity index is 1.58. The van der Waals surface area contributed by atoms with Crippen molar-refractivity contribution < 1.29 is 14.6 Å². The third kappa shape index (κ3) is 4.82. The van der Waals surface area contributed by atoms with Crippen molar-refractivity contribution in [1.29, 1.82) is 0 Å². The van der Waals surface area contributed by atoms with Gasteiger partial charge in [-0.1, -0.05) is 73.7 Å². The maximum atomic E-state index is 10.8. The van der Waals surface area contributed by atoms with Gasteiger partial charge in [0.05, 0.1) is 13.2 Å². The topological polar surface area (TPSA) is 41.9 Å². The van der Waals surface area contributed by atoms with Gasteiger partial charge in [0, 0.05) is 31.0 Å². The van der Waals surface area contributed by atoms with Crippen LogP contribution in [0.5, 0.6) is 11.5 Å². The average molecular weight is 432 g/mol. The average Bonchev–Trinajstić information content (AvgIpc) is 3.16. The molecule has 1 N–H and O–H groups in total. The number of aliphatic hydroxyl groups excluding tert-OH is 1. The van der Waals surface area contributed by atoms with E-state index in [0.29, 0.717) is 6.61 Å². The van der Waals surface area contributed by atoms with Crippen LogP contribution in [0.3, 0.4) is 0 Å². The standard InChI is InChI=1S/C28H33NO3/c1-21(30)28(2)20-29(17-22-10-6-4-7-11-22)18-25(28)24-14-15-26(31-3)27(16-24)32-19-23-12-8-5-9-13-23/h4-16,21,25,30H,17-20H2,1-3H3/t21-,25?,28+/m1/s1. The van der Waals surface area contributed by atoms with E-state index < -0.39 is 6.10 Å². The third-order valence-electron chi connectivity index (χ3n) is 6.83. The fraction of sp³-hybridized carbons (Fsp3) is 0.357. The number of likely N-dealkylation sites (tertiary alicyclic amines) is 1. The van der Waals surface area contributed by atoms with Crippen LogP contribution in [0.1, 0.15) is 36.5 Å². The Morgan fingerprint density at radius 3 is 2.25 bits per heavy atom. The van der Waals surface area contributed by atoms with E-state index >= 15 is 0 Å². The molecule has 4 nitrogen and oxygen atoms in total. The van der Waals surface area contributed by atoms with Crippen molar-refractivity contribution in [3.63, 3.8) is 0 Å². The molecule has 0 amide bonds. The summed E-state index contributed by atoms with van der Waals surface area (Å²) in [4.78, 5) is 2.45. The highest BCUT2D eigenvalue weighted by atomic mass is 16.5. The molecule has 0 aromatic heterocycles. The Morgan fingerprint density at radius 2 is 1.62 bits per heavy atom. The van der Waals surface area contributed by atoms with Gasteiger partial charge in [-0.05, 0) is 35.7 Å². The summed E-state index contributed by atoms with van der Waals surface area (Å²) >= 11 is 0. The number of nitrogens with zero attached hydrogens (tertiary/aromatic N) is 1. The maximum Gasteiger partial charge on any atom is 0.161 e. The minimum absolute atomic E-state index is 0.191. The van der Waals surface area contributed by atoms with Crippen molar-refractivity contribution in [1.82, 2.24) is 4.90 Å². The first-order valence-corrected chi connectivity index (χ1v) is 11.3. The SMILES string of the molecule is COc1ccc(C2CN(Cc3ccccc3)C[C@@]2(C)[C@@H](C)O)cc1OCc1ccccc1. The maximum absolute atomic E-state index is 10.8. The van der Waals surface area contributed by atoms with E-state index in [9.17, 15) is 5.11 Å². The molecule has 1 aliphatic rings. The molecule has 4 heteroatoms. The Labute approximate surface area is 191 Å². The van der Waals surface area contributed by atoms with Gasteiger partial charge in [-0.2, -0.15) is 0 Å². The van der Waals surface area contributed by atoms with Crippen LogP contribution in [0.25, 0.3) is 0 Å². The molecule has 0 radical (unpaired) electrons. The lowest BCUT2D eigenvalue weighted by Gasteiger charge is -2.34. The number of benzene rings is 3. The first kappa shape index (κ1) is 22.4. The molecule has 3 aromatic rings. The van der Waals surface area contributed by atoms with E-state index in [1.807, 2.05) is 37.3 Å². The Kier molecular flexibility index (Phi) is 6.83.